The number of hydrogen-bond donors (Lipinski definition) is 5. The van der Waals surface area contributed by atoms with Crippen LogP contribution in [0.3, 0.4) is 0 Å². The van der Waals surface area contributed by atoms with Crippen LogP contribution in [0.15, 0.2) is 18.2 Å². The zero-order valence-corrected chi connectivity index (χ0v) is 8.91. The highest BCUT2D eigenvalue weighted by Crippen LogP contribution is 2.25. The minimum absolute atomic E-state index is 0.240. The first-order chi connectivity index (χ1) is 6.74. The SMILES string of the molecule is NNc1ccc(Cl)cc1F.O=P(O)(O)O. The van der Waals surface area contributed by atoms with E-state index in [-0.39, 0.29) is 5.69 Å². The molecule has 9 heteroatoms. The highest BCUT2D eigenvalue weighted by molar-refractivity contribution is 7.45. The van der Waals surface area contributed by atoms with Crippen molar-refractivity contribution in [1.29, 1.82) is 0 Å². The molecule has 0 amide bonds. The Morgan fingerprint density at radius 3 is 2.20 bits per heavy atom. The summed E-state index contributed by atoms with van der Waals surface area (Å²) in [5.41, 5.74) is 2.43. The van der Waals surface area contributed by atoms with Crippen LogP contribution in [0.2, 0.25) is 5.02 Å². The molecule has 0 unspecified atom stereocenters. The molecule has 0 radical (unpaired) electrons. The summed E-state index contributed by atoms with van der Waals surface area (Å²) >= 11 is 5.47. The molecule has 0 spiro atoms. The molecule has 0 saturated carbocycles. The summed E-state index contributed by atoms with van der Waals surface area (Å²) in [4.78, 5) is 21.6. The van der Waals surface area contributed by atoms with Crippen LogP contribution in [0, 0.1) is 5.82 Å². The molecule has 6 nitrogen and oxygen atoms in total. The van der Waals surface area contributed by atoms with E-state index in [1.807, 2.05) is 0 Å². The van der Waals surface area contributed by atoms with Crippen molar-refractivity contribution in [2.45, 2.75) is 0 Å². The van der Waals surface area contributed by atoms with Gasteiger partial charge in [-0.2, -0.15) is 0 Å². The molecule has 1 aromatic carbocycles. The lowest BCUT2D eigenvalue weighted by Crippen LogP contribution is -2.08. The molecule has 0 atom stereocenters. The second-order valence-corrected chi connectivity index (χ2v) is 3.74. The quantitative estimate of drug-likeness (QED) is 0.289. The zero-order valence-electron chi connectivity index (χ0n) is 7.26. The van der Waals surface area contributed by atoms with Crippen LogP contribution in [-0.2, 0) is 4.57 Å². The molecule has 0 heterocycles. The van der Waals surface area contributed by atoms with Gasteiger partial charge in [0.2, 0.25) is 0 Å². The average molecular weight is 259 g/mol. The highest BCUT2D eigenvalue weighted by Gasteiger charge is 2.00. The van der Waals surface area contributed by atoms with Crippen LogP contribution in [0.5, 0.6) is 0 Å². The van der Waals surface area contributed by atoms with E-state index in [9.17, 15) is 4.39 Å². The van der Waals surface area contributed by atoms with Crippen molar-refractivity contribution < 1.29 is 23.6 Å². The number of nitrogens with two attached hydrogens (primary N) is 1. The third kappa shape index (κ3) is 8.31. The predicted octanol–water partition coefficient (Wildman–Crippen LogP) is 0.836. The van der Waals surface area contributed by atoms with Gasteiger partial charge in [0.15, 0.2) is 0 Å². The molecule has 0 bridgehead atoms. The number of nitrogen functional groups attached to an aromatic ring is 1. The first-order valence-electron chi connectivity index (χ1n) is 3.44. The lowest BCUT2D eigenvalue weighted by molar-refractivity contribution is 0.275. The van der Waals surface area contributed by atoms with Gasteiger partial charge in [0.05, 0.1) is 5.69 Å². The highest BCUT2D eigenvalue weighted by atomic mass is 35.5. The van der Waals surface area contributed by atoms with Crippen molar-refractivity contribution in [3.8, 4) is 0 Å². The summed E-state index contributed by atoms with van der Waals surface area (Å²) in [6.45, 7) is 0. The number of rotatable bonds is 1. The van der Waals surface area contributed by atoms with Crippen molar-refractivity contribution in [1.82, 2.24) is 0 Å². The number of hydrogen-bond acceptors (Lipinski definition) is 3. The Morgan fingerprint density at radius 1 is 1.40 bits per heavy atom. The van der Waals surface area contributed by atoms with Crippen molar-refractivity contribution in [2.75, 3.05) is 5.43 Å². The van der Waals surface area contributed by atoms with Gasteiger partial charge in [0.1, 0.15) is 5.82 Å². The van der Waals surface area contributed by atoms with Gasteiger partial charge < -0.3 is 20.1 Å². The second kappa shape index (κ2) is 6.02. The fourth-order valence-corrected chi connectivity index (χ4v) is 0.765. The number of phosphoric acid groups is 1. The van der Waals surface area contributed by atoms with Gasteiger partial charge in [-0.15, -0.1) is 0 Å². The van der Waals surface area contributed by atoms with Crippen molar-refractivity contribution >= 4 is 25.1 Å². The van der Waals surface area contributed by atoms with E-state index in [2.05, 4.69) is 5.43 Å². The van der Waals surface area contributed by atoms with Crippen molar-refractivity contribution in [3.63, 3.8) is 0 Å². The van der Waals surface area contributed by atoms with Crippen LogP contribution in [0.4, 0.5) is 10.1 Å². The first kappa shape index (κ1) is 14.3. The van der Waals surface area contributed by atoms with Crippen LogP contribution in [-0.4, -0.2) is 14.7 Å². The minimum Gasteiger partial charge on any atom is -0.321 e. The van der Waals surface area contributed by atoms with Gasteiger partial charge >= 0.3 is 7.82 Å². The first-order valence-corrected chi connectivity index (χ1v) is 5.38. The van der Waals surface area contributed by atoms with Gasteiger partial charge in [0.25, 0.3) is 0 Å². The van der Waals surface area contributed by atoms with Crippen LogP contribution in [0.25, 0.3) is 0 Å². The third-order valence-electron chi connectivity index (χ3n) is 1.09. The molecule has 0 aromatic heterocycles. The topological polar surface area (TPSA) is 116 Å². The Hall–Kier alpha value is -0.690. The number of benzene rings is 1. The number of nitrogens with one attached hydrogen (secondary N) is 1. The molecule has 15 heavy (non-hydrogen) atoms. The van der Waals surface area contributed by atoms with Gasteiger partial charge in [-0.05, 0) is 18.2 Å². The molecule has 1 rings (SSSR count). The van der Waals surface area contributed by atoms with Crippen LogP contribution < -0.4 is 11.3 Å². The maximum Gasteiger partial charge on any atom is 0.466 e. The van der Waals surface area contributed by atoms with Crippen LogP contribution in [0.1, 0.15) is 0 Å². The van der Waals surface area contributed by atoms with E-state index >= 15 is 0 Å². The molecule has 1 aromatic rings. The van der Waals surface area contributed by atoms with Crippen LogP contribution >= 0.6 is 19.4 Å². The zero-order chi connectivity index (χ0) is 12.1. The molecule has 0 saturated heterocycles. The second-order valence-electron chi connectivity index (χ2n) is 2.28. The normalized spacial score (nSPS) is 10.3. The molecule has 0 aliphatic rings. The molecular weight excluding hydrogens is 250 g/mol. The largest absolute Gasteiger partial charge is 0.466 e. The Morgan fingerprint density at radius 2 is 1.87 bits per heavy atom. The predicted molar refractivity (Wildman–Crippen MR) is 53.5 cm³/mol. The summed E-state index contributed by atoms with van der Waals surface area (Å²) in [5.74, 6) is 4.52. The molecular formula is C6H9ClFN2O4P. The number of anilines is 1. The average Bonchev–Trinajstić information content (AvgIpc) is 2.01. The molecule has 0 aliphatic carbocycles. The monoisotopic (exact) mass is 258 g/mol. The lowest BCUT2D eigenvalue weighted by atomic mass is 10.3. The molecule has 0 fully saturated rings. The lowest BCUT2D eigenvalue weighted by Gasteiger charge is -1.99. The Balaban J connectivity index is 0.000000336. The maximum atomic E-state index is 12.6. The Kier molecular flexibility index (Phi) is 5.74. The fourth-order valence-electron chi connectivity index (χ4n) is 0.607. The van der Waals surface area contributed by atoms with Gasteiger partial charge in [-0.1, -0.05) is 11.6 Å². The van der Waals surface area contributed by atoms with Crippen molar-refractivity contribution in [3.05, 3.63) is 29.0 Å². The summed E-state index contributed by atoms with van der Waals surface area (Å²) < 4.78 is 21.5. The molecule has 86 valence electrons. The maximum absolute atomic E-state index is 12.6. The summed E-state index contributed by atoms with van der Waals surface area (Å²) in [7, 11) is -4.64. The summed E-state index contributed by atoms with van der Waals surface area (Å²) in [6, 6.07) is 4.22. The molecule has 6 N–H and O–H groups in total. The minimum atomic E-state index is -4.64. The van der Waals surface area contributed by atoms with E-state index in [0.29, 0.717) is 5.02 Å². The Bertz CT molecular complexity index is 364. The summed E-state index contributed by atoms with van der Waals surface area (Å²) in [6.07, 6.45) is 0. The number of hydrazine groups is 1. The fraction of sp³-hybridized carbons (Fsp3) is 0. The van der Waals surface area contributed by atoms with E-state index in [1.54, 1.807) is 6.07 Å². The Labute approximate surface area is 89.7 Å². The third-order valence-corrected chi connectivity index (χ3v) is 1.32. The van der Waals surface area contributed by atoms with E-state index in [1.165, 1.54) is 12.1 Å². The van der Waals surface area contributed by atoms with Crippen molar-refractivity contribution in [2.24, 2.45) is 5.84 Å². The summed E-state index contributed by atoms with van der Waals surface area (Å²) in [5, 5.41) is 0.358. The van der Waals surface area contributed by atoms with E-state index < -0.39 is 13.6 Å². The van der Waals surface area contributed by atoms with Gasteiger partial charge in [-0.3, -0.25) is 5.84 Å². The van der Waals surface area contributed by atoms with Gasteiger partial charge in [0, 0.05) is 5.02 Å². The van der Waals surface area contributed by atoms with E-state index in [0.717, 1.165) is 0 Å². The standard InChI is InChI=1S/C6H6ClFN2.H3O4P/c7-4-1-2-6(10-9)5(8)3-4;1-5(2,3)4/h1-3,10H,9H2;(H3,1,2,3,4). The van der Waals surface area contributed by atoms with Gasteiger partial charge in [-0.25, -0.2) is 8.96 Å². The molecule has 0 aliphatic heterocycles. The van der Waals surface area contributed by atoms with E-state index in [4.69, 9.17) is 36.7 Å². The smallest absolute Gasteiger partial charge is 0.321 e. The number of halogens is 2.